The van der Waals surface area contributed by atoms with E-state index in [1.807, 2.05) is 12.1 Å². The highest BCUT2D eigenvalue weighted by atomic mass is 19.1. The van der Waals surface area contributed by atoms with E-state index >= 15 is 0 Å². The third-order valence-electron chi connectivity index (χ3n) is 2.64. The van der Waals surface area contributed by atoms with Crippen molar-refractivity contribution < 1.29 is 9.13 Å². The number of aromatic nitrogens is 1. The summed E-state index contributed by atoms with van der Waals surface area (Å²) in [6, 6.07) is 8.35. The first kappa shape index (κ1) is 14.0. The van der Waals surface area contributed by atoms with Gasteiger partial charge < -0.3 is 10.5 Å². The molecule has 0 saturated heterocycles. The lowest BCUT2D eigenvalue weighted by Crippen LogP contribution is -2.03. The van der Waals surface area contributed by atoms with Crippen LogP contribution in [-0.4, -0.2) is 18.1 Å². The Balaban J connectivity index is 1.98. The molecule has 0 unspecified atom stereocenters. The third-order valence-corrected chi connectivity index (χ3v) is 2.64. The second-order valence-corrected chi connectivity index (χ2v) is 4.11. The minimum atomic E-state index is -0.394. The second-order valence-electron chi connectivity index (χ2n) is 4.11. The number of benzene rings is 1. The highest BCUT2D eigenvalue weighted by molar-refractivity contribution is 5.40. The SMILES string of the molecule is NCC#Cc1ccc(F)c(OCCc2cccnc2)c1. The average molecular weight is 270 g/mol. The zero-order valence-corrected chi connectivity index (χ0v) is 11.0. The summed E-state index contributed by atoms with van der Waals surface area (Å²) in [5, 5.41) is 0. The van der Waals surface area contributed by atoms with E-state index < -0.39 is 5.82 Å². The topological polar surface area (TPSA) is 48.1 Å². The fourth-order valence-electron chi connectivity index (χ4n) is 1.67. The predicted octanol–water partition coefficient (Wildman–Crippen LogP) is 2.15. The van der Waals surface area contributed by atoms with Crippen molar-refractivity contribution in [1.29, 1.82) is 0 Å². The third kappa shape index (κ3) is 4.08. The molecule has 0 amide bonds. The summed E-state index contributed by atoms with van der Waals surface area (Å²) in [7, 11) is 0. The lowest BCUT2D eigenvalue weighted by molar-refractivity contribution is 0.305. The Hall–Kier alpha value is -2.38. The van der Waals surface area contributed by atoms with E-state index in [4.69, 9.17) is 10.5 Å². The summed E-state index contributed by atoms with van der Waals surface area (Å²) < 4.78 is 19.1. The molecule has 0 atom stereocenters. The molecule has 4 heteroatoms. The molecule has 2 aromatic rings. The van der Waals surface area contributed by atoms with Crippen LogP contribution >= 0.6 is 0 Å². The molecule has 0 radical (unpaired) electrons. The zero-order valence-electron chi connectivity index (χ0n) is 11.0. The van der Waals surface area contributed by atoms with Gasteiger partial charge in [-0.1, -0.05) is 17.9 Å². The van der Waals surface area contributed by atoms with Crippen LogP contribution in [0.25, 0.3) is 0 Å². The van der Waals surface area contributed by atoms with Crippen molar-refractivity contribution in [3.05, 3.63) is 59.7 Å². The Labute approximate surface area is 117 Å². The lowest BCUT2D eigenvalue weighted by atomic mass is 10.2. The van der Waals surface area contributed by atoms with Crippen molar-refractivity contribution in [3.63, 3.8) is 0 Å². The van der Waals surface area contributed by atoms with Crippen LogP contribution in [0.1, 0.15) is 11.1 Å². The summed E-state index contributed by atoms with van der Waals surface area (Å²) >= 11 is 0. The number of nitrogens with zero attached hydrogens (tertiary/aromatic N) is 1. The van der Waals surface area contributed by atoms with Crippen molar-refractivity contribution in [2.24, 2.45) is 5.73 Å². The van der Waals surface area contributed by atoms with Crippen molar-refractivity contribution >= 4 is 0 Å². The summed E-state index contributed by atoms with van der Waals surface area (Å²) in [5.41, 5.74) is 7.04. The van der Waals surface area contributed by atoms with Crippen LogP contribution in [0, 0.1) is 17.7 Å². The van der Waals surface area contributed by atoms with Crippen molar-refractivity contribution in [1.82, 2.24) is 4.98 Å². The van der Waals surface area contributed by atoms with Gasteiger partial charge >= 0.3 is 0 Å². The normalized spacial score (nSPS) is 9.70. The van der Waals surface area contributed by atoms with E-state index in [2.05, 4.69) is 16.8 Å². The Kier molecular flexibility index (Phi) is 5.10. The Morgan fingerprint density at radius 1 is 1.30 bits per heavy atom. The molecule has 1 aromatic heterocycles. The molecule has 0 spiro atoms. The zero-order chi connectivity index (χ0) is 14.2. The van der Waals surface area contributed by atoms with Gasteiger partial charge in [-0.2, -0.15) is 0 Å². The van der Waals surface area contributed by atoms with Crippen molar-refractivity contribution in [3.8, 4) is 17.6 Å². The molecule has 102 valence electrons. The van der Waals surface area contributed by atoms with Gasteiger partial charge in [0.05, 0.1) is 13.2 Å². The molecule has 3 nitrogen and oxygen atoms in total. The van der Waals surface area contributed by atoms with Gasteiger partial charge in [0.25, 0.3) is 0 Å². The van der Waals surface area contributed by atoms with E-state index in [-0.39, 0.29) is 12.3 Å². The van der Waals surface area contributed by atoms with Crippen LogP contribution in [0.2, 0.25) is 0 Å². The maximum absolute atomic E-state index is 13.6. The molecule has 0 saturated carbocycles. The average Bonchev–Trinajstić information content (AvgIpc) is 2.49. The number of ether oxygens (including phenoxy) is 1. The maximum Gasteiger partial charge on any atom is 0.165 e. The molecule has 2 N–H and O–H groups in total. The smallest absolute Gasteiger partial charge is 0.165 e. The van der Waals surface area contributed by atoms with E-state index in [1.54, 1.807) is 24.5 Å². The molecule has 1 heterocycles. The molecule has 1 aromatic carbocycles. The molecule has 0 aliphatic rings. The monoisotopic (exact) mass is 270 g/mol. The Morgan fingerprint density at radius 3 is 2.95 bits per heavy atom. The molecule has 0 bridgehead atoms. The standard InChI is InChI=1S/C16H15FN2O/c17-15-6-5-13(3-1-8-18)11-16(15)20-10-7-14-4-2-9-19-12-14/h2,4-6,9,11-12H,7-8,10,18H2. The summed E-state index contributed by atoms with van der Waals surface area (Å²) in [5.74, 6) is 5.39. The number of rotatable bonds is 4. The molecule has 0 fully saturated rings. The second kappa shape index (κ2) is 7.27. The van der Waals surface area contributed by atoms with Gasteiger partial charge in [0, 0.05) is 24.4 Å². The maximum atomic E-state index is 13.6. The fraction of sp³-hybridized carbons (Fsp3) is 0.188. The van der Waals surface area contributed by atoms with Gasteiger partial charge in [-0.3, -0.25) is 4.98 Å². The number of nitrogens with two attached hydrogens (primary N) is 1. The minimum absolute atomic E-state index is 0.206. The van der Waals surface area contributed by atoms with Gasteiger partial charge in [-0.05, 0) is 29.8 Å². The first-order valence-electron chi connectivity index (χ1n) is 6.30. The predicted molar refractivity (Wildman–Crippen MR) is 75.8 cm³/mol. The van der Waals surface area contributed by atoms with Crippen LogP contribution < -0.4 is 10.5 Å². The van der Waals surface area contributed by atoms with Gasteiger partial charge in [0.2, 0.25) is 0 Å². The molecule has 0 aliphatic carbocycles. The molecular weight excluding hydrogens is 255 g/mol. The quantitative estimate of drug-likeness (QED) is 0.866. The Morgan fingerprint density at radius 2 is 2.20 bits per heavy atom. The van der Waals surface area contributed by atoms with Crippen molar-refractivity contribution in [2.45, 2.75) is 6.42 Å². The van der Waals surface area contributed by atoms with E-state index in [0.29, 0.717) is 18.6 Å². The largest absolute Gasteiger partial charge is 0.490 e. The van der Waals surface area contributed by atoms with Crippen LogP contribution in [-0.2, 0) is 6.42 Å². The molecule has 20 heavy (non-hydrogen) atoms. The minimum Gasteiger partial charge on any atom is -0.490 e. The number of hydrogen-bond acceptors (Lipinski definition) is 3. The first-order chi connectivity index (χ1) is 9.79. The molecule has 0 aliphatic heterocycles. The number of hydrogen-bond donors (Lipinski definition) is 1. The highest BCUT2D eigenvalue weighted by Gasteiger charge is 2.04. The van der Waals surface area contributed by atoms with Gasteiger partial charge in [0.1, 0.15) is 0 Å². The number of pyridine rings is 1. The fourth-order valence-corrected chi connectivity index (χ4v) is 1.67. The molecule has 2 rings (SSSR count). The van der Waals surface area contributed by atoms with E-state index in [0.717, 1.165) is 5.56 Å². The summed E-state index contributed by atoms with van der Waals surface area (Å²) in [4.78, 5) is 4.02. The van der Waals surface area contributed by atoms with Crippen LogP contribution in [0.3, 0.4) is 0 Å². The summed E-state index contributed by atoms with van der Waals surface area (Å²) in [6.07, 6.45) is 4.15. The number of halogens is 1. The van der Waals surface area contributed by atoms with Gasteiger partial charge in [-0.15, -0.1) is 0 Å². The van der Waals surface area contributed by atoms with Gasteiger partial charge in [0.15, 0.2) is 11.6 Å². The van der Waals surface area contributed by atoms with E-state index in [1.165, 1.54) is 6.07 Å². The summed E-state index contributed by atoms with van der Waals surface area (Å²) in [6.45, 7) is 0.658. The van der Waals surface area contributed by atoms with Gasteiger partial charge in [-0.25, -0.2) is 4.39 Å². The van der Waals surface area contributed by atoms with E-state index in [9.17, 15) is 4.39 Å². The highest BCUT2D eigenvalue weighted by Crippen LogP contribution is 2.18. The van der Waals surface area contributed by atoms with Crippen LogP contribution in [0.15, 0.2) is 42.7 Å². The van der Waals surface area contributed by atoms with Crippen molar-refractivity contribution in [2.75, 3.05) is 13.2 Å². The van der Waals surface area contributed by atoms with Crippen LogP contribution in [0.4, 0.5) is 4.39 Å². The first-order valence-corrected chi connectivity index (χ1v) is 6.30. The Bertz CT molecular complexity index is 617. The van der Waals surface area contributed by atoms with Crippen LogP contribution in [0.5, 0.6) is 5.75 Å². The molecular formula is C16H15FN2O. The lowest BCUT2D eigenvalue weighted by Gasteiger charge is -2.07.